The van der Waals surface area contributed by atoms with Crippen molar-refractivity contribution in [3.05, 3.63) is 58.2 Å². The molecular formula is C41H70N2O. The Labute approximate surface area is 273 Å². The van der Waals surface area contributed by atoms with E-state index in [1.54, 1.807) is 43.0 Å². The third kappa shape index (κ3) is 10.6. The number of hydrogen-bond acceptors (Lipinski definition) is 2. The van der Waals surface area contributed by atoms with Gasteiger partial charge in [0.1, 0.15) is 0 Å². The average Bonchev–Trinajstić information content (AvgIpc) is 3.11. The van der Waals surface area contributed by atoms with E-state index in [1.165, 1.54) is 50.5 Å². The lowest BCUT2D eigenvalue weighted by Crippen LogP contribution is -2.39. The van der Waals surface area contributed by atoms with Gasteiger partial charge in [0, 0.05) is 16.7 Å². The summed E-state index contributed by atoms with van der Waals surface area (Å²) in [5.41, 5.74) is 10.9. The van der Waals surface area contributed by atoms with Crippen molar-refractivity contribution in [2.45, 2.75) is 160 Å². The highest BCUT2D eigenvalue weighted by Crippen LogP contribution is 2.59. The van der Waals surface area contributed by atoms with Crippen LogP contribution in [0.2, 0.25) is 0 Å². The fourth-order valence-corrected chi connectivity index (χ4v) is 7.71. The topological polar surface area (TPSA) is 55.1 Å². The first-order valence-electron chi connectivity index (χ1n) is 17.4. The van der Waals surface area contributed by atoms with E-state index in [0.717, 1.165) is 11.8 Å². The molecule has 0 radical (unpaired) electrons. The van der Waals surface area contributed by atoms with Gasteiger partial charge in [-0.05, 0) is 96.7 Å². The van der Waals surface area contributed by atoms with Crippen molar-refractivity contribution < 1.29 is 4.79 Å². The smallest absolute Gasteiger partial charge is 0.239 e. The van der Waals surface area contributed by atoms with Crippen LogP contribution in [0.15, 0.2) is 41.5 Å². The van der Waals surface area contributed by atoms with Gasteiger partial charge >= 0.3 is 0 Å². The Hall–Kier alpha value is -1.87. The predicted octanol–water partition coefficient (Wildman–Crippen LogP) is 11.4. The van der Waals surface area contributed by atoms with Gasteiger partial charge in [0.05, 0.1) is 0 Å². The van der Waals surface area contributed by atoms with E-state index < -0.39 is 0 Å². The molecule has 0 aliphatic heterocycles. The summed E-state index contributed by atoms with van der Waals surface area (Å²) >= 11 is 0. The molecule has 3 heteroatoms. The Morgan fingerprint density at radius 1 is 0.886 bits per heavy atom. The van der Waals surface area contributed by atoms with E-state index in [-0.39, 0.29) is 22.2 Å². The van der Waals surface area contributed by atoms with Crippen molar-refractivity contribution in [1.29, 1.82) is 0 Å². The largest absolute Gasteiger partial charge is 0.294 e. The maximum atomic E-state index is 10.6. The van der Waals surface area contributed by atoms with Crippen LogP contribution in [0.25, 0.3) is 0 Å². The molecule has 1 amide bonds. The molecule has 3 rings (SSSR count). The van der Waals surface area contributed by atoms with Crippen LogP contribution in [0.3, 0.4) is 0 Å². The molecule has 2 aliphatic rings. The van der Waals surface area contributed by atoms with Crippen LogP contribution in [0, 0.1) is 40.4 Å². The number of fused-ring (bicyclic) bond motifs is 3. The minimum atomic E-state index is -0.366. The molecular weight excluding hydrogens is 536 g/mol. The number of carbonyl (C=O) groups is 1. The van der Waals surface area contributed by atoms with Gasteiger partial charge in [-0.2, -0.15) is 0 Å². The summed E-state index contributed by atoms with van der Waals surface area (Å²) in [4.78, 5) is 10.6. The number of nitrogens with one attached hydrogen (secondary N) is 1. The first-order chi connectivity index (χ1) is 19.9. The zero-order valence-corrected chi connectivity index (χ0v) is 31.6. The van der Waals surface area contributed by atoms with Crippen LogP contribution in [0.4, 0.5) is 0 Å². The van der Waals surface area contributed by atoms with Gasteiger partial charge in [-0.3, -0.25) is 10.2 Å². The van der Waals surface area contributed by atoms with Gasteiger partial charge in [-0.25, -0.2) is 5.84 Å². The van der Waals surface area contributed by atoms with Crippen molar-refractivity contribution in [2.24, 2.45) is 39.3 Å². The fourth-order valence-electron chi connectivity index (χ4n) is 7.71. The molecule has 0 fully saturated rings. The van der Waals surface area contributed by atoms with Crippen molar-refractivity contribution >= 4 is 5.91 Å². The molecule has 44 heavy (non-hydrogen) atoms. The molecule has 2 aliphatic carbocycles. The highest BCUT2D eigenvalue weighted by Gasteiger charge is 2.48. The Kier molecular flexibility index (Phi) is 12.4. The highest BCUT2D eigenvalue weighted by atomic mass is 16.2. The lowest BCUT2D eigenvalue weighted by Gasteiger charge is -2.39. The quantitative estimate of drug-likeness (QED) is 0.176. The van der Waals surface area contributed by atoms with E-state index >= 15 is 0 Å². The molecule has 250 valence electrons. The fraction of sp³-hybridized carbons (Fsp3) is 0.732. The molecule has 0 spiro atoms. The van der Waals surface area contributed by atoms with Gasteiger partial charge < -0.3 is 0 Å². The van der Waals surface area contributed by atoms with Gasteiger partial charge in [0.25, 0.3) is 0 Å². The number of benzene rings is 1. The normalized spacial score (nSPS) is 21.7. The molecule has 3 atom stereocenters. The van der Waals surface area contributed by atoms with Crippen molar-refractivity contribution in [2.75, 3.05) is 0 Å². The standard InChI is InChI=1S/C36H58.C5H12N2O/c1-25-13-15-29-30-16-14-28(35(10,11)12)22-32(30)36(31(29)21-25,19-17-26(2)23-33(4,5)6)20-18-27(3)24-34(7,8)9;1-5(2,3)4(8)7-6/h13-15,21-22,26-27,30H,16-20,23-24H2,1-12H3;6H2,1-3H3,(H,7,8). The van der Waals surface area contributed by atoms with Crippen molar-refractivity contribution in [1.82, 2.24) is 5.43 Å². The summed E-state index contributed by atoms with van der Waals surface area (Å²) in [5, 5.41) is 0. The number of aryl methyl sites for hydroxylation is 1. The van der Waals surface area contributed by atoms with Crippen LogP contribution in [0.5, 0.6) is 0 Å². The maximum absolute atomic E-state index is 10.6. The molecule has 0 heterocycles. The van der Waals surface area contributed by atoms with Crippen LogP contribution in [0.1, 0.15) is 164 Å². The SMILES string of the molecule is CC(C)(C)C(=O)NN.Cc1ccc2c(c1)C(CCC(C)CC(C)(C)C)(CCC(C)CC(C)(C)C)C1=CC(C(C)(C)C)=CCC12. The number of rotatable bonds is 8. The van der Waals surface area contributed by atoms with Gasteiger partial charge in [0.15, 0.2) is 0 Å². The Balaban J connectivity index is 0.000000742. The summed E-state index contributed by atoms with van der Waals surface area (Å²) in [6.07, 6.45) is 14.2. The van der Waals surface area contributed by atoms with Crippen LogP contribution in [-0.2, 0) is 10.2 Å². The second kappa shape index (κ2) is 14.3. The summed E-state index contributed by atoms with van der Waals surface area (Å²) in [6, 6.07) is 7.42. The summed E-state index contributed by atoms with van der Waals surface area (Å²) in [7, 11) is 0. The number of hydrazine groups is 1. The molecule has 3 unspecified atom stereocenters. The van der Waals surface area contributed by atoms with E-state index in [2.05, 4.69) is 119 Å². The minimum Gasteiger partial charge on any atom is -0.294 e. The first-order valence-corrected chi connectivity index (χ1v) is 17.4. The first kappa shape index (κ1) is 38.3. The molecule has 1 aromatic rings. The third-order valence-corrected chi connectivity index (χ3v) is 9.64. The second-order valence-electron chi connectivity index (χ2n) is 19.0. The Morgan fingerprint density at radius 2 is 1.39 bits per heavy atom. The Bertz CT molecular complexity index is 1150. The van der Waals surface area contributed by atoms with E-state index in [4.69, 9.17) is 5.84 Å². The Morgan fingerprint density at radius 3 is 1.77 bits per heavy atom. The minimum absolute atomic E-state index is 0.141. The van der Waals surface area contributed by atoms with Crippen LogP contribution in [-0.4, -0.2) is 5.91 Å². The second-order valence-corrected chi connectivity index (χ2v) is 19.0. The molecule has 0 aromatic heterocycles. The van der Waals surface area contributed by atoms with Crippen LogP contribution >= 0.6 is 0 Å². The molecule has 3 nitrogen and oxygen atoms in total. The van der Waals surface area contributed by atoms with Gasteiger partial charge in [-0.15, -0.1) is 0 Å². The number of amides is 1. The summed E-state index contributed by atoms with van der Waals surface area (Å²) in [5.74, 6) is 6.79. The molecule has 0 saturated heterocycles. The summed E-state index contributed by atoms with van der Waals surface area (Å²) in [6.45, 7) is 34.3. The van der Waals surface area contributed by atoms with Crippen LogP contribution < -0.4 is 11.3 Å². The zero-order chi connectivity index (χ0) is 33.9. The van der Waals surface area contributed by atoms with Crippen molar-refractivity contribution in [3.63, 3.8) is 0 Å². The third-order valence-electron chi connectivity index (χ3n) is 9.64. The zero-order valence-electron chi connectivity index (χ0n) is 31.6. The molecule has 1 aromatic carbocycles. The number of hydrogen-bond donors (Lipinski definition) is 2. The lowest BCUT2D eigenvalue weighted by molar-refractivity contribution is -0.128. The van der Waals surface area contributed by atoms with E-state index in [0.29, 0.717) is 16.7 Å². The maximum Gasteiger partial charge on any atom is 0.239 e. The average molecular weight is 607 g/mol. The molecule has 0 bridgehead atoms. The summed E-state index contributed by atoms with van der Waals surface area (Å²) < 4.78 is 0. The molecule has 0 saturated carbocycles. The number of allylic oxidation sites excluding steroid dienone is 4. The number of nitrogens with two attached hydrogens (primary N) is 1. The monoisotopic (exact) mass is 607 g/mol. The van der Waals surface area contributed by atoms with Gasteiger partial charge in [-0.1, -0.05) is 138 Å². The van der Waals surface area contributed by atoms with E-state index in [1.807, 2.05) is 0 Å². The van der Waals surface area contributed by atoms with E-state index in [9.17, 15) is 4.79 Å². The lowest BCUT2D eigenvalue weighted by atomic mass is 9.65. The predicted molar refractivity (Wildman–Crippen MR) is 193 cm³/mol. The number of carbonyl (C=O) groups excluding carboxylic acids is 1. The van der Waals surface area contributed by atoms with Crippen molar-refractivity contribution in [3.8, 4) is 0 Å². The molecule has 3 N–H and O–H groups in total. The van der Waals surface area contributed by atoms with Gasteiger partial charge in [0.2, 0.25) is 5.91 Å². The highest BCUT2D eigenvalue weighted by molar-refractivity contribution is 5.80.